The zero-order chi connectivity index (χ0) is 11.5. The van der Waals surface area contributed by atoms with E-state index in [-0.39, 0.29) is 12.1 Å². The highest BCUT2D eigenvalue weighted by atomic mass is 79.9. The maximum absolute atomic E-state index is 5.76. The normalized spacial score (nSPS) is 26.9. The zero-order valence-corrected chi connectivity index (χ0v) is 11.0. The molecular weight excluding hydrogens is 268 g/mol. The van der Waals surface area contributed by atoms with E-state index < -0.39 is 0 Å². The lowest BCUT2D eigenvalue weighted by molar-refractivity contribution is -0.0576. The highest BCUT2D eigenvalue weighted by molar-refractivity contribution is 9.10. The van der Waals surface area contributed by atoms with Crippen LogP contribution in [0.3, 0.4) is 0 Å². The molecule has 2 rings (SSSR count). The standard InChI is InChI=1S/C12H17BrN2O/c1-15-6-7-16-11(8-14)12(15)9-2-4-10(13)5-3-9/h2-5,11-12H,6-8,14H2,1H3. The third-order valence-electron chi connectivity index (χ3n) is 3.05. The Morgan fingerprint density at radius 2 is 2.12 bits per heavy atom. The van der Waals surface area contributed by atoms with Crippen LogP contribution in [0.25, 0.3) is 0 Å². The lowest BCUT2D eigenvalue weighted by Crippen LogP contribution is -2.46. The van der Waals surface area contributed by atoms with Gasteiger partial charge in [-0.15, -0.1) is 0 Å². The van der Waals surface area contributed by atoms with Crippen molar-refractivity contribution in [2.24, 2.45) is 5.73 Å². The molecule has 0 amide bonds. The molecule has 3 nitrogen and oxygen atoms in total. The predicted octanol–water partition coefficient (Wildman–Crippen LogP) is 1.78. The minimum Gasteiger partial charge on any atom is -0.374 e. The summed E-state index contributed by atoms with van der Waals surface area (Å²) in [6.07, 6.45) is 0.0972. The van der Waals surface area contributed by atoms with Crippen molar-refractivity contribution < 1.29 is 4.74 Å². The number of halogens is 1. The number of hydrogen-bond donors (Lipinski definition) is 1. The van der Waals surface area contributed by atoms with Gasteiger partial charge in [0.2, 0.25) is 0 Å². The van der Waals surface area contributed by atoms with Crippen LogP contribution in [0.2, 0.25) is 0 Å². The van der Waals surface area contributed by atoms with Gasteiger partial charge in [0, 0.05) is 17.6 Å². The Balaban J connectivity index is 2.24. The molecule has 88 valence electrons. The summed E-state index contributed by atoms with van der Waals surface area (Å²) in [7, 11) is 2.12. The van der Waals surface area contributed by atoms with Gasteiger partial charge in [-0.05, 0) is 24.7 Å². The molecule has 1 fully saturated rings. The van der Waals surface area contributed by atoms with Crippen molar-refractivity contribution in [3.63, 3.8) is 0 Å². The minimum absolute atomic E-state index is 0.0972. The Morgan fingerprint density at radius 3 is 2.75 bits per heavy atom. The maximum atomic E-state index is 5.76. The topological polar surface area (TPSA) is 38.5 Å². The second kappa shape index (κ2) is 5.27. The van der Waals surface area contributed by atoms with Crippen molar-refractivity contribution in [2.45, 2.75) is 12.1 Å². The number of morpholine rings is 1. The second-order valence-electron chi connectivity index (χ2n) is 4.12. The minimum atomic E-state index is 0.0972. The molecule has 0 bridgehead atoms. The molecule has 1 heterocycles. The summed E-state index contributed by atoms with van der Waals surface area (Å²) in [6, 6.07) is 8.65. The van der Waals surface area contributed by atoms with Gasteiger partial charge in [-0.25, -0.2) is 0 Å². The van der Waals surface area contributed by atoms with E-state index in [1.165, 1.54) is 5.56 Å². The average molecular weight is 285 g/mol. The van der Waals surface area contributed by atoms with Crippen LogP contribution in [0.5, 0.6) is 0 Å². The molecular formula is C12H17BrN2O. The summed E-state index contributed by atoms with van der Waals surface area (Å²) in [5, 5.41) is 0. The quantitative estimate of drug-likeness (QED) is 0.900. The van der Waals surface area contributed by atoms with E-state index in [0.29, 0.717) is 6.54 Å². The van der Waals surface area contributed by atoms with Crippen LogP contribution in [-0.2, 0) is 4.74 Å². The van der Waals surface area contributed by atoms with Crippen LogP contribution in [-0.4, -0.2) is 37.7 Å². The lowest BCUT2D eigenvalue weighted by Gasteiger charge is -2.39. The van der Waals surface area contributed by atoms with Crippen molar-refractivity contribution in [3.05, 3.63) is 34.3 Å². The number of nitrogens with zero attached hydrogens (tertiary/aromatic N) is 1. The fourth-order valence-electron chi connectivity index (χ4n) is 2.19. The summed E-state index contributed by atoms with van der Waals surface area (Å²) in [5.41, 5.74) is 7.03. The number of likely N-dealkylation sites (N-methyl/N-ethyl adjacent to an activating group) is 1. The SMILES string of the molecule is CN1CCOC(CN)C1c1ccc(Br)cc1. The monoisotopic (exact) mass is 284 g/mol. The third kappa shape index (κ3) is 2.46. The number of benzene rings is 1. The van der Waals surface area contributed by atoms with Crippen molar-refractivity contribution in [1.29, 1.82) is 0 Å². The first kappa shape index (κ1) is 12.0. The lowest BCUT2D eigenvalue weighted by atomic mass is 9.99. The summed E-state index contributed by atoms with van der Waals surface area (Å²) >= 11 is 3.45. The highest BCUT2D eigenvalue weighted by Gasteiger charge is 2.30. The van der Waals surface area contributed by atoms with Crippen LogP contribution in [0.4, 0.5) is 0 Å². The number of nitrogens with two attached hydrogens (primary N) is 1. The smallest absolute Gasteiger partial charge is 0.0894 e. The summed E-state index contributed by atoms with van der Waals surface area (Å²) in [5.74, 6) is 0. The zero-order valence-electron chi connectivity index (χ0n) is 9.40. The molecule has 2 unspecified atom stereocenters. The van der Waals surface area contributed by atoms with Gasteiger partial charge in [0.15, 0.2) is 0 Å². The largest absolute Gasteiger partial charge is 0.374 e. The fourth-order valence-corrected chi connectivity index (χ4v) is 2.45. The molecule has 1 aliphatic rings. The maximum Gasteiger partial charge on any atom is 0.0894 e. The third-order valence-corrected chi connectivity index (χ3v) is 3.58. The van der Waals surface area contributed by atoms with Crippen LogP contribution < -0.4 is 5.73 Å². The molecule has 0 radical (unpaired) electrons. The molecule has 1 saturated heterocycles. The van der Waals surface area contributed by atoms with Gasteiger partial charge in [-0.3, -0.25) is 4.90 Å². The molecule has 0 spiro atoms. The number of ether oxygens (including phenoxy) is 1. The van der Waals surface area contributed by atoms with Crippen LogP contribution in [0, 0.1) is 0 Å². The number of hydrogen-bond acceptors (Lipinski definition) is 3. The second-order valence-corrected chi connectivity index (χ2v) is 5.04. The van der Waals surface area contributed by atoms with Crippen LogP contribution in [0.1, 0.15) is 11.6 Å². The van der Waals surface area contributed by atoms with E-state index in [0.717, 1.165) is 17.6 Å². The van der Waals surface area contributed by atoms with Gasteiger partial charge in [0.1, 0.15) is 0 Å². The molecule has 16 heavy (non-hydrogen) atoms. The van der Waals surface area contributed by atoms with Gasteiger partial charge >= 0.3 is 0 Å². The Kier molecular flexibility index (Phi) is 3.97. The fraction of sp³-hybridized carbons (Fsp3) is 0.500. The van der Waals surface area contributed by atoms with E-state index >= 15 is 0 Å². The molecule has 1 aromatic carbocycles. The molecule has 1 aliphatic heterocycles. The van der Waals surface area contributed by atoms with Gasteiger partial charge in [-0.1, -0.05) is 28.1 Å². The highest BCUT2D eigenvalue weighted by Crippen LogP contribution is 2.28. The van der Waals surface area contributed by atoms with Gasteiger partial charge in [-0.2, -0.15) is 0 Å². The van der Waals surface area contributed by atoms with Gasteiger partial charge in [0.25, 0.3) is 0 Å². The molecule has 0 aliphatic carbocycles. The van der Waals surface area contributed by atoms with E-state index in [2.05, 4.69) is 52.1 Å². The first-order valence-corrected chi connectivity index (χ1v) is 6.29. The predicted molar refractivity (Wildman–Crippen MR) is 68.3 cm³/mol. The molecule has 0 aromatic heterocycles. The van der Waals surface area contributed by atoms with E-state index in [4.69, 9.17) is 10.5 Å². The summed E-state index contributed by atoms with van der Waals surface area (Å²) < 4.78 is 6.81. The van der Waals surface area contributed by atoms with Crippen LogP contribution in [0.15, 0.2) is 28.7 Å². The van der Waals surface area contributed by atoms with Crippen molar-refractivity contribution in [2.75, 3.05) is 26.7 Å². The van der Waals surface area contributed by atoms with Crippen LogP contribution >= 0.6 is 15.9 Å². The van der Waals surface area contributed by atoms with E-state index in [1.807, 2.05) is 0 Å². The Hall–Kier alpha value is -0.420. The molecule has 2 atom stereocenters. The first-order chi connectivity index (χ1) is 7.72. The molecule has 2 N–H and O–H groups in total. The Labute approximate surface area is 105 Å². The Morgan fingerprint density at radius 1 is 1.44 bits per heavy atom. The number of rotatable bonds is 2. The summed E-state index contributed by atoms with van der Waals surface area (Å²) in [6.45, 7) is 2.29. The first-order valence-electron chi connectivity index (χ1n) is 5.49. The molecule has 4 heteroatoms. The Bertz CT molecular complexity index is 341. The molecule has 1 aromatic rings. The van der Waals surface area contributed by atoms with Crippen molar-refractivity contribution in [3.8, 4) is 0 Å². The van der Waals surface area contributed by atoms with Gasteiger partial charge in [0.05, 0.1) is 18.8 Å². The van der Waals surface area contributed by atoms with Gasteiger partial charge < -0.3 is 10.5 Å². The molecule has 0 saturated carbocycles. The van der Waals surface area contributed by atoms with Crippen molar-refractivity contribution >= 4 is 15.9 Å². The van der Waals surface area contributed by atoms with Crippen molar-refractivity contribution in [1.82, 2.24) is 4.90 Å². The van der Waals surface area contributed by atoms with E-state index in [9.17, 15) is 0 Å². The van der Waals surface area contributed by atoms with E-state index in [1.54, 1.807) is 0 Å². The summed E-state index contributed by atoms with van der Waals surface area (Å²) in [4.78, 5) is 2.31. The average Bonchev–Trinajstić information content (AvgIpc) is 2.30.